The number of amides is 1. The molecule has 1 aliphatic heterocycles. The normalized spacial score (nSPS) is 14.8. The van der Waals surface area contributed by atoms with Crippen molar-refractivity contribution in [2.75, 3.05) is 26.8 Å². The number of halogens is 1. The minimum atomic E-state index is -0.564. The number of benzene rings is 2. The molecule has 1 saturated heterocycles. The molecule has 9 heteroatoms. The summed E-state index contributed by atoms with van der Waals surface area (Å²) < 4.78 is 33.6. The molecular weight excluding hydrogens is 523 g/mol. The molecule has 1 atom stereocenters. The quantitative estimate of drug-likeness (QED) is 0.118. The smallest absolute Gasteiger partial charge is 0.298 e. The number of imidazole rings is 1. The molecule has 0 unspecified atom stereocenters. The topological polar surface area (TPSA) is 78.2 Å². The minimum absolute atomic E-state index is 0.0216. The Hall–Kier alpha value is -4.58. The molecule has 214 valence electrons. The molecule has 0 N–H and O–H groups in total. The summed E-state index contributed by atoms with van der Waals surface area (Å²) in [5.74, 6) is 6.52. The maximum atomic E-state index is 14.6. The van der Waals surface area contributed by atoms with Crippen LogP contribution in [0.2, 0.25) is 0 Å². The first kappa shape index (κ1) is 29.4. The summed E-state index contributed by atoms with van der Waals surface area (Å²) in [6.45, 7) is 11.0. The van der Waals surface area contributed by atoms with Crippen molar-refractivity contribution in [2.45, 2.75) is 46.0 Å². The summed E-state index contributed by atoms with van der Waals surface area (Å²) in [7, 11) is 1.41. The number of hydrogen-bond donors (Lipinski definition) is 0. The number of rotatable bonds is 11. The molecule has 0 spiro atoms. The largest absolute Gasteiger partial charge is 0.494 e. The Morgan fingerprint density at radius 2 is 2.00 bits per heavy atom. The average Bonchev–Trinajstić information content (AvgIpc) is 3.59. The van der Waals surface area contributed by atoms with Crippen LogP contribution in [0, 0.1) is 24.6 Å². The van der Waals surface area contributed by atoms with Gasteiger partial charge in [-0.1, -0.05) is 25.3 Å². The highest BCUT2D eigenvalue weighted by Crippen LogP contribution is 2.36. The summed E-state index contributed by atoms with van der Waals surface area (Å²) in [5, 5.41) is 0. The van der Waals surface area contributed by atoms with E-state index in [9.17, 15) is 9.18 Å². The Kier molecular flexibility index (Phi) is 9.80. The van der Waals surface area contributed by atoms with Crippen LogP contribution < -0.4 is 9.47 Å². The predicted octanol–water partition coefficient (Wildman–Crippen LogP) is 6.41. The summed E-state index contributed by atoms with van der Waals surface area (Å²) in [4.78, 5) is 23.3. The lowest BCUT2D eigenvalue weighted by Crippen LogP contribution is -2.27. The van der Waals surface area contributed by atoms with Crippen molar-refractivity contribution in [3.63, 3.8) is 0 Å². The molecule has 4 rings (SSSR count). The highest BCUT2D eigenvalue weighted by Gasteiger charge is 2.32. The molecule has 0 saturated carbocycles. The second-order valence-electron chi connectivity index (χ2n) is 9.60. The first-order valence-corrected chi connectivity index (χ1v) is 13.6. The lowest BCUT2D eigenvalue weighted by Gasteiger charge is -2.18. The zero-order valence-electron chi connectivity index (χ0n) is 23.9. The second-order valence-corrected chi connectivity index (χ2v) is 9.60. The van der Waals surface area contributed by atoms with Gasteiger partial charge in [-0.05, 0) is 75.7 Å². The number of hydrogen-bond acceptors (Lipinski definition) is 6. The number of aromatic nitrogens is 2. The third-order valence-corrected chi connectivity index (χ3v) is 6.88. The van der Waals surface area contributed by atoms with Crippen LogP contribution in [0.4, 0.5) is 4.39 Å². The van der Waals surface area contributed by atoms with Crippen LogP contribution in [-0.2, 0) is 9.53 Å². The maximum absolute atomic E-state index is 14.6. The SMILES string of the molecule is C=N/C=C(/OCCCC)n1c([C@@H]2CCN(C(=O)C#CC)C2)nc(-c2ccc(Oc3cccc(OC)c3F)cc2)c1C. The molecule has 1 amide bonds. The van der Waals surface area contributed by atoms with Crippen LogP contribution in [0.5, 0.6) is 17.2 Å². The van der Waals surface area contributed by atoms with Crippen molar-refractivity contribution in [3.05, 3.63) is 66.0 Å². The summed E-state index contributed by atoms with van der Waals surface area (Å²) >= 11 is 0. The first-order chi connectivity index (χ1) is 19.9. The number of carbonyl (C=O) groups is 1. The van der Waals surface area contributed by atoms with E-state index in [0.29, 0.717) is 31.3 Å². The van der Waals surface area contributed by atoms with Gasteiger partial charge < -0.3 is 19.1 Å². The molecule has 0 aliphatic carbocycles. The maximum Gasteiger partial charge on any atom is 0.298 e. The highest BCUT2D eigenvalue weighted by molar-refractivity contribution is 5.93. The fraction of sp³-hybridized carbons (Fsp3) is 0.344. The molecule has 3 aromatic rings. The third-order valence-electron chi connectivity index (χ3n) is 6.88. The van der Waals surface area contributed by atoms with Gasteiger partial charge in [0.05, 0.1) is 31.3 Å². The van der Waals surface area contributed by atoms with Crippen LogP contribution in [0.25, 0.3) is 17.1 Å². The van der Waals surface area contributed by atoms with Gasteiger partial charge in [0.1, 0.15) is 11.6 Å². The third kappa shape index (κ3) is 6.60. The van der Waals surface area contributed by atoms with E-state index in [4.69, 9.17) is 19.2 Å². The zero-order valence-corrected chi connectivity index (χ0v) is 23.9. The van der Waals surface area contributed by atoms with E-state index in [1.54, 1.807) is 42.3 Å². The lowest BCUT2D eigenvalue weighted by atomic mass is 10.1. The van der Waals surface area contributed by atoms with Gasteiger partial charge in [-0.3, -0.25) is 14.4 Å². The van der Waals surface area contributed by atoms with E-state index in [1.807, 2.05) is 23.6 Å². The van der Waals surface area contributed by atoms with Crippen LogP contribution in [0.15, 0.2) is 53.7 Å². The molecule has 1 aromatic heterocycles. The predicted molar refractivity (Wildman–Crippen MR) is 157 cm³/mol. The van der Waals surface area contributed by atoms with Crippen LogP contribution in [0.3, 0.4) is 0 Å². The Balaban J connectivity index is 1.69. The van der Waals surface area contributed by atoms with E-state index >= 15 is 0 Å². The van der Waals surface area contributed by atoms with Gasteiger partial charge in [0.2, 0.25) is 11.7 Å². The molecule has 2 heterocycles. The highest BCUT2D eigenvalue weighted by atomic mass is 19.1. The Morgan fingerprint density at radius 1 is 1.24 bits per heavy atom. The lowest BCUT2D eigenvalue weighted by molar-refractivity contribution is -0.124. The second kappa shape index (κ2) is 13.7. The van der Waals surface area contributed by atoms with Gasteiger partial charge in [0, 0.05) is 24.6 Å². The Morgan fingerprint density at radius 3 is 2.68 bits per heavy atom. The first-order valence-electron chi connectivity index (χ1n) is 13.6. The molecule has 1 aliphatic rings. The standard InChI is InChI=1S/C32H35FN4O4/c1-6-8-19-40-29(20-34-4)37-22(3)31(35-32(37)24-17-18-36(21-24)28(38)10-7-2)23-13-15-25(16-14-23)41-27-12-9-11-26(39-5)30(27)33/h9,11-16,20,24H,4,6,8,17-19,21H2,1-3,5H3/b29-20+/t24-/m1/s1. The summed E-state index contributed by atoms with van der Waals surface area (Å²) in [6, 6.07) is 12.1. The van der Waals surface area contributed by atoms with Crippen molar-refractivity contribution >= 4 is 18.5 Å². The van der Waals surface area contributed by atoms with Crippen molar-refractivity contribution in [1.82, 2.24) is 14.5 Å². The number of methoxy groups -OCH3 is 1. The number of ether oxygens (including phenoxy) is 3. The molecule has 1 fully saturated rings. The van der Waals surface area contributed by atoms with Crippen LogP contribution in [-0.4, -0.2) is 53.9 Å². The van der Waals surface area contributed by atoms with Crippen molar-refractivity contribution in [3.8, 4) is 40.3 Å². The van der Waals surface area contributed by atoms with Crippen molar-refractivity contribution in [2.24, 2.45) is 4.99 Å². The molecule has 0 radical (unpaired) electrons. The van der Waals surface area contributed by atoms with Crippen LogP contribution in [0.1, 0.15) is 50.5 Å². The Labute approximate surface area is 240 Å². The van der Waals surface area contributed by atoms with E-state index in [2.05, 4.69) is 30.5 Å². The fourth-order valence-electron chi connectivity index (χ4n) is 4.78. The monoisotopic (exact) mass is 558 g/mol. The number of unbranched alkanes of at least 4 members (excludes halogenated alkanes) is 1. The van der Waals surface area contributed by atoms with Crippen molar-refractivity contribution in [1.29, 1.82) is 0 Å². The summed E-state index contributed by atoms with van der Waals surface area (Å²) in [6.07, 6.45) is 4.22. The summed E-state index contributed by atoms with van der Waals surface area (Å²) in [5.41, 5.74) is 2.46. The van der Waals surface area contributed by atoms with Gasteiger partial charge >= 0.3 is 0 Å². The van der Waals surface area contributed by atoms with Crippen molar-refractivity contribution < 1.29 is 23.4 Å². The average molecular weight is 559 g/mol. The van der Waals surface area contributed by atoms with E-state index in [1.165, 1.54) is 13.2 Å². The molecule has 2 aromatic carbocycles. The van der Waals surface area contributed by atoms with E-state index in [0.717, 1.165) is 42.0 Å². The van der Waals surface area contributed by atoms with Gasteiger partial charge in [-0.25, -0.2) is 4.98 Å². The van der Waals surface area contributed by atoms with Gasteiger partial charge in [0.25, 0.3) is 5.91 Å². The molecule has 0 bridgehead atoms. The molecule has 41 heavy (non-hydrogen) atoms. The minimum Gasteiger partial charge on any atom is -0.494 e. The fourth-order valence-corrected chi connectivity index (χ4v) is 4.78. The van der Waals surface area contributed by atoms with Gasteiger partial charge in [0.15, 0.2) is 11.5 Å². The Bertz CT molecular complexity index is 1480. The molecule has 8 nitrogen and oxygen atoms in total. The van der Waals surface area contributed by atoms with Gasteiger partial charge in [-0.15, -0.1) is 0 Å². The molecular formula is C32H35FN4O4. The number of nitrogens with zero attached hydrogens (tertiary/aromatic N) is 4. The van der Waals surface area contributed by atoms with Gasteiger partial charge in [-0.2, -0.15) is 4.39 Å². The van der Waals surface area contributed by atoms with E-state index in [-0.39, 0.29) is 23.3 Å². The zero-order chi connectivity index (χ0) is 29.4. The number of aliphatic imine (C=N–C) groups is 1. The number of carbonyl (C=O) groups excluding carboxylic acids is 1. The van der Waals surface area contributed by atoms with Crippen LogP contribution >= 0.6 is 0 Å². The van der Waals surface area contributed by atoms with E-state index < -0.39 is 5.82 Å². The number of likely N-dealkylation sites (tertiary alicyclic amines) is 1.